The molecule has 0 unspecified atom stereocenters. The Labute approximate surface area is 188 Å². The largest absolute Gasteiger partial charge is 0.443 e. The van der Waals surface area contributed by atoms with Gasteiger partial charge in [-0.15, -0.1) is 0 Å². The van der Waals surface area contributed by atoms with Crippen LogP contribution in [0.5, 0.6) is 0 Å². The van der Waals surface area contributed by atoms with Crippen LogP contribution in [0.15, 0.2) is 95.8 Å². The Hall–Kier alpha value is -3.71. The molecule has 2 aliphatic rings. The van der Waals surface area contributed by atoms with E-state index >= 15 is 0 Å². The lowest BCUT2D eigenvalue weighted by Gasteiger charge is -2.35. The molecular weight excluding hydrogens is 402 g/mol. The lowest BCUT2D eigenvalue weighted by molar-refractivity contribution is 0.0234. The lowest BCUT2D eigenvalue weighted by atomic mass is 10.1. The van der Waals surface area contributed by atoms with Crippen LogP contribution < -0.4 is 5.43 Å². The van der Waals surface area contributed by atoms with Crippen LogP contribution in [0, 0.1) is 0 Å². The number of aromatic nitrogens is 1. The first-order valence-electron chi connectivity index (χ1n) is 10.5. The number of pyridine rings is 1. The molecule has 1 amide bonds. The second-order valence-electron chi connectivity index (χ2n) is 8.52. The Bertz CT molecular complexity index is 1100. The van der Waals surface area contributed by atoms with Crippen molar-refractivity contribution in [2.45, 2.75) is 32.9 Å². The van der Waals surface area contributed by atoms with Crippen molar-refractivity contribution in [1.29, 1.82) is 0 Å². The first kappa shape index (κ1) is 21.5. The maximum atomic E-state index is 13.4. The van der Waals surface area contributed by atoms with Crippen molar-refractivity contribution in [2.75, 3.05) is 6.54 Å². The highest BCUT2D eigenvalue weighted by Crippen LogP contribution is 2.31. The molecule has 0 aliphatic carbocycles. The summed E-state index contributed by atoms with van der Waals surface area (Å²) in [6.07, 6.45) is 6.70. The van der Waals surface area contributed by atoms with E-state index in [1.165, 1.54) is 0 Å². The van der Waals surface area contributed by atoms with Crippen LogP contribution in [0.4, 0.5) is 4.79 Å². The molecule has 0 fully saturated rings. The Morgan fingerprint density at radius 2 is 2.03 bits per heavy atom. The monoisotopic (exact) mass is 429 g/mol. The minimum absolute atomic E-state index is 0.297. The number of rotatable bonds is 5. The van der Waals surface area contributed by atoms with E-state index in [2.05, 4.69) is 17.0 Å². The Kier molecular flexibility index (Phi) is 5.92. The van der Waals surface area contributed by atoms with Crippen LogP contribution in [0.2, 0.25) is 0 Å². The molecular formula is C25H27N5O2. The zero-order chi connectivity index (χ0) is 22.7. The van der Waals surface area contributed by atoms with Gasteiger partial charge in [0.25, 0.3) is 0 Å². The van der Waals surface area contributed by atoms with Gasteiger partial charge in [-0.05, 0) is 32.4 Å². The van der Waals surface area contributed by atoms with Crippen LogP contribution in [0.3, 0.4) is 0 Å². The second kappa shape index (κ2) is 8.80. The smallest absolute Gasteiger partial charge is 0.416 e. The first-order valence-corrected chi connectivity index (χ1v) is 10.5. The maximum Gasteiger partial charge on any atom is 0.416 e. The van der Waals surface area contributed by atoms with Crippen molar-refractivity contribution < 1.29 is 9.53 Å². The van der Waals surface area contributed by atoms with Gasteiger partial charge in [0.1, 0.15) is 11.4 Å². The SMILES string of the molecule is C=CC1=C2N=C(c3ccccc3)C=C(N(Cc3cccnc3)C(=O)OC(C)(C)C)N2NC1. The molecule has 0 bridgehead atoms. The number of allylic oxidation sites excluding steroid dienone is 1. The number of hydrogen-bond donors (Lipinski definition) is 1. The summed E-state index contributed by atoms with van der Waals surface area (Å²) in [7, 11) is 0. The summed E-state index contributed by atoms with van der Waals surface area (Å²) in [4.78, 5) is 24.0. The number of aliphatic imine (C=N–C) groups is 1. The zero-order valence-electron chi connectivity index (χ0n) is 18.6. The molecule has 0 saturated heterocycles. The van der Waals surface area contributed by atoms with Crippen molar-refractivity contribution in [3.05, 3.63) is 102 Å². The highest BCUT2D eigenvalue weighted by Gasteiger charge is 2.35. The molecule has 4 rings (SSSR count). The van der Waals surface area contributed by atoms with Crippen LogP contribution in [-0.2, 0) is 11.3 Å². The number of fused-ring (bicyclic) bond motifs is 1. The van der Waals surface area contributed by atoms with E-state index in [0.717, 1.165) is 28.2 Å². The third kappa shape index (κ3) is 4.63. The molecule has 7 nitrogen and oxygen atoms in total. The normalized spacial score (nSPS) is 15.7. The van der Waals surface area contributed by atoms with Crippen molar-refractivity contribution in [3.63, 3.8) is 0 Å². The van der Waals surface area contributed by atoms with Crippen molar-refractivity contribution in [1.82, 2.24) is 20.3 Å². The minimum atomic E-state index is -0.640. The number of hydrogen-bond acceptors (Lipinski definition) is 6. The van der Waals surface area contributed by atoms with E-state index in [-0.39, 0.29) is 0 Å². The predicted molar refractivity (Wildman–Crippen MR) is 124 cm³/mol. The number of hydrazine groups is 1. The van der Waals surface area contributed by atoms with Gasteiger partial charge in [0.05, 0.1) is 12.3 Å². The number of amides is 1. The van der Waals surface area contributed by atoms with Gasteiger partial charge in [0, 0.05) is 36.2 Å². The highest BCUT2D eigenvalue weighted by molar-refractivity contribution is 6.10. The zero-order valence-corrected chi connectivity index (χ0v) is 18.6. The van der Waals surface area contributed by atoms with E-state index in [1.807, 2.05) is 74.3 Å². The maximum absolute atomic E-state index is 13.4. The highest BCUT2D eigenvalue weighted by atomic mass is 16.6. The number of benzene rings is 1. The molecule has 1 N–H and O–H groups in total. The fourth-order valence-electron chi connectivity index (χ4n) is 3.46. The summed E-state index contributed by atoms with van der Waals surface area (Å²) >= 11 is 0. The Morgan fingerprint density at radius 3 is 2.69 bits per heavy atom. The van der Waals surface area contributed by atoms with Crippen molar-refractivity contribution in [3.8, 4) is 0 Å². The van der Waals surface area contributed by atoms with Gasteiger partial charge in [-0.25, -0.2) is 20.2 Å². The van der Waals surface area contributed by atoms with Crippen LogP contribution in [-0.4, -0.2) is 38.8 Å². The van der Waals surface area contributed by atoms with Crippen molar-refractivity contribution >= 4 is 11.8 Å². The summed E-state index contributed by atoms with van der Waals surface area (Å²) in [6, 6.07) is 13.7. The summed E-state index contributed by atoms with van der Waals surface area (Å²) in [5.41, 5.74) is 6.23. The van der Waals surface area contributed by atoms with E-state index in [4.69, 9.17) is 9.73 Å². The second-order valence-corrected chi connectivity index (χ2v) is 8.52. The fourth-order valence-corrected chi connectivity index (χ4v) is 3.46. The number of nitrogens with zero attached hydrogens (tertiary/aromatic N) is 4. The van der Waals surface area contributed by atoms with Gasteiger partial charge < -0.3 is 4.74 Å². The Balaban J connectivity index is 1.81. The fraction of sp³-hybridized carbons (Fsp3) is 0.240. The Morgan fingerprint density at radius 1 is 1.25 bits per heavy atom. The molecule has 0 atom stereocenters. The third-order valence-electron chi connectivity index (χ3n) is 4.92. The number of nitrogens with one attached hydrogen (secondary N) is 1. The molecule has 3 heterocycles. The van der Waals surface area contributed by atoms with Gasteiger partial charge in [-0.3, -0.25) is 9.88 Å². The lowest BCUT2D eigenvalue weighted by Crippen LogP contribution is -2.45. The number of carbonyl (C=O) groups is 1. The predicted octanol–water partition coefficient (Wildman–Crippen LogP) is 4.38. The molecule has 164 valence electrons. The summed E-state index contributed by atoms with van der Waals surface area (Å²) < 4.78 is 5.76. The quantitative estimate of drug-likeness (QED) is 0.764. The number of carbonyl (C=O) groups excluding carboxylic acids is 1. The van der Waals surface area contributed by atoms with E-state index in [0.29, 0.717) is 18.9 Å². The molecule has 0 spiro atoms. The molecule has 32 heavy (non-hydrogen) atoms. The molecule has 2 aromatic rings. The molecule has 0 radical (unpaired) electrons. The molecule has 7 heteroatoms. The van der Waals surface area contributed by atoms with Gasteiger partial charge in [0.15, 0.2) is 5.82 Å². The van der Waals surface area contributed by atoms with Crippen LogP contribution in [0.1, 0.15) is 31.9 Å². The van der Waals surface area contributed by atoms with Crippen LogP contribution in [0.25, 0.3) is 0 Å². The van der Waals surface area contributed by atoms with Gasteiger partial charge in [-0.2, -0.15) is 0 Å². The first-order chi connectivity index (χ1) is 15.4. The topological polar surface area (TPSA) is 70.1 Å². The molecule has 0 saturated carbocycles. The van der Waals surface area contributed by atoms with Crippen molar-refractivity contribution in [2.24, 2.45) is 4.99 Å². The van der Waals surface area contributed by atoms with E-state index < -0.39 is 11.7 Å². The summed E-state index contributed by atoms with van der Waals surface area (Å²) in [5, 5.41) is 1.82. The minimum Gasteiger partial charge on any atom is -0.443 e. The van der Waals surface area contributed by atoms with Crippen LogP contribution >= 0.6 is 0 Å². The molecule has 2 aliphatic heterocycles. The average molecular weight is 430 g/mol. The number of ether oxygens (including phenoxy) is 1. The van der Waals surface area contributed by atoms with Gasteiger partial charge in [0.2, 0.25) is 0 Å². The molecule has 1 aromatic carbocycles. The van der Waals surface area contributed by atoms with E-state index in [1.54, 1.807) is 23.4 Å². The molecule has 1 aromatic heterocycles. The summed E-state index contributed by atoms with van der Waals surface area (Å²) in [5.74, 6) is 1.35. The average Bonchev–Trinajstić information content (AvgIpc) is 3.20. The standard InChI is InChI=1S/C25H27N5O2/c1-5-19-16-27-30-22(14-21(28-23(19)30)20-11-7-6-8-12-20)29(24(31)32-25(2,3)4)17-18-10-9-13-26-15-18/h5-15,27H,1,16-17H2,2-4H3. The van der Waals surface area contributed by atoms with Gasteiger partial charge in [-0.1, -0.05) is 49.1 Å². The summed E-state index contributed by atoms with van der Waals surface area (Å²) in [6.45, 7) is 10.4. The third-order valence-corrected chi connectivity index (χ3v) is 4.92. The van der Waals surface area contributed by atoms with Gasteiger partial charge >= 0.3 is 6.09 Å². The van der Waals surface area contributed by atoms with E-state index in [9.17, 15) is 4.79 Å².